The number of thiazole rings is 1. The van der Waals surface area contributed by atoms with Gasteiger partial charge in [0.05, 0.1) is 29.9 Å². The van der Waals surface area contributed by atoms with Gasteiger partial charge in [-0.15, -0.1) is 11.3 Å². The standard InChI is InChI=1S/C22H19FN2O4S2/c1-15-7-12-21(29-15)22-24-17(14-30-22)13-25(19-5-3-4-6-20(19)28-2)31(26,27)18-10-8-16(23)9-11-18/h3-12,14H,13H2,1-2H3. The number of ether oxygens (including phenoxy) is 1. The predicted octanol–water partition coefficient (Wildman–Crippen LogP) is 5.25. The normalized spacial score (nSPS) is 11.5. The summed E-state index contributed by atoms with van der Waals surface area (Å²) >= 11 is 1.36. The van der Waals surface area contributed by atoms with Crippen LogP contribution in [-0.4, -0.2) is 20.5 Å². The van der Waals surface area contributed by atoms with Crippen LogP contribution in [0.3, 0.4) is 0 Å². The number of rotatable bonds is 7. The fourth-order valence-electron chi connectivity index (χ4n) is 3.06. The van der Waals surface area contributed by atoms with Crippen LogP contribution in [0.4, 0.5) is 10.1 Å². The van der Waals surface area contributed by atoms with E-state index in [1.165, 1.54) is 34.9 Å². The largest absolute Gasteiger partial charge is 0.495 e. The lowest BCUT2D eigenvalue weighted by atomic mass is 10.3. The van der Waals surface area contributed by atoms with Crippen LogP contribution in [-0.2, 0) is 16.6 Å². The molecule has 31 heavy (non-hydrogen) atoms. The quantitative estimate of drug-likeness (QED) is 0.378. The van der Waals surface area contributed by atoms with Crippen LogP contribution in [0.2, 0.25) is 0 Å². The summed E-state index contributed by atoms with van der Waals surface area (Å²) in [5.41, 5.74) is 0.906. The molecule has 4 aromatic rings. The van der Waals surface area contributed by atoms with Crippen molar-refractivity contribution in [2.24, 2.45) is 0 Å². The number of hydrogen-bond donors (Lipinski definition) is 0. The van der Waals surface area contributed by atoms with Crippen molar-refractivity contribution < 1.29 is 22.0 Å². The van der Waals surface area contributed by atoms with E-state index >= 15 is 0 Å². The van der Waals surface area contributed by atoms with E-state index in [-0.39, 0.29) is 11.4 Å². The lowest BCUT2D eigenvalue weighted by Crippen LogP contribution is -2.31. The van der Waals surface area contributed by atoms with Crippen LogP contribution in [0, 0.1) is 12.7 Å². The Bertz CT molecular complexity index is 1300. The monoisotopic (exact) mass is 458 g/mol. The summed E-state index contributed by atoms with van der Waals surface area (Å²) in [6, 6.07) is 15.2. The molecule has 0 unspecified atom stereocenters. The molecule has 0 N–H and O–H groups in total. The number of hydrogen-bond acceptors (Lipinski definition) is 6. The molecule has 0 atom stereocenters. The topological polar surface area (TPSA) is 72.6 Å². The van der Waals surface area contributed by atoms with Gasteiger partial charge in [-0.1, -0.05) is 12.1 Å². The van der Waals surface area contributed by atoms with Gasteiger partial charge in [0.25, 0.3) is 10.0 Å². The number of anilines is 1. The van der Waals surface area contributed by atoms with E-state index < -0.39 is 15.8 Å². The molecule has 0 saturated carbocycles. The van der Waals surface area contributed by atoms with E-state index in [9.17, 15) is 12.8 Å². The third kappa shape index (κ3) is 4.33. The highest BCUT2D eigenvalue weighted by Crippen LogP contribution is 2.34. The first kappa shape index (κ1) is 21.1. The summed E-state index contributed by atoms with van der Waals surface area (Å²) in [6.07, 6.45) is 0. The molecule has 2 aromatic carbocycles. The zero-order chi connectivity index (χ0) is 22.0. The Kier molecular flexibility index (Phi) is 5.79. The van der Waals surface area contributed by atoms with Gasteiger partial charge in [-0.3, -0.25) is 4.31 Å². The summed E-state index contributed by atoms with van der Waals surface area (Å²) < 4.78 is 52.6. The van der Waals surface area contributed by atoms with Gasteiger partial charge in [0.15, 0.2) is 10.8 Å². The minimum atomic E-state index is -4.03. The van der Waals surface area contributed by atoms with Gasteiger partial charge >= 0.3 is 0 Å². The molecule has 4 rings (SSSR count). The molecule has 2 aromatic heterocycles. The zero-order valence-corrected chi connectivity index (χ0v) is 18.4. The van der Waals surface area contributed by atoms with Gasteiger partial charge < -0.3 is 9.15 Å². The molecule has 0 amide bonds. The number of methoxy groups -OCH3 is 1. The summed E-state index contributed by atoms with van der Waals surface area (Å²) in [5, 5.41) is 2.44. The Labute approximate surface area is 183 Å². The van der Waals surface area contributed by atoms with Crippen LogP contribution in [0.25, 0.3) is 10.8 Å². The van der Waals surface area contributed by atoms with E-state index in [0.29, 0.717) is 27.9 Å². The van der Waals surface area contributed by atoms with Crippen LogP contribution in [0.15, 0.2) is 75.4 Å². The highest BCUT2D eigenvalue weighted by molar-refractivity contribution is 7.92. The number of sulfonamides is 1. The molecule has 0 fully saturated rings. The van der Waals surface area contributed by atoms with E-state index in [2.05, 4.69) is 4.98 Å². The third-order valence-corrected chi connectivity index (χ3v) is 7.24. The Morgan fingerprint density at radius 3 is 2.52 bits per heavy atom. The SMILES string of the molecule is COc1ccccc1N(Cc1csc(-c2ccc(C)o2)n1)S(=O)(=O)c1ccc(F)cc1. The van der Waals surface area contributed by atoms with Crippen LogP contribution < -0.4 is 9.04 Å². The predicted molar refractivity (Wildman–Crippen MR) is 117 cm³/mol. The third-order valence-electron chi connectivity index (χ3n) is 4.56. The van der Waals surface area contributed by atoms with E-state index in [4.69, 9.17) is 9.15 Å². The maximum absolute atomic E-state index is 13.5. The van der Waals surface area contributed by atoms with E-state index in [0.717, 1.165) is 17.9 Å². The average molecular weight is 459 g/mol. The van der Waals surface area contributed by atoms with Crippen molar-refractivity contribution in [1.29, 1.82) is 0 Å². The number of aromatic nitrogens is 1. The molecule has 0 saturated heterocycles. The molecule has 0 aliphatic rings. The molecule has 0 bridgehead atoms. The molecule has 0 spiro atoms. The number of benzene rings is 2. The Morgan fingerprint density at radius 2 is 1.84 bits per heavy atom. The van der Waals surface area contributed by atoms with Crippen molar-refractivity contribution in [3.63, 3.8) is 0 Å². The van der Waals surface area contributed by atoms with Gasteiger partial charge in [0.1, 0.15) is 17.3 Å². The molecule has 0 aliphatic heterocycles. The number of para-hydroxylation sites is 2. The van der Waals surface area contributed by atoms with E-state index in [1.54, 1.807) is 29.6 Å². The van der Waals surface area contributed by atoms with Gasteiger partial charge in [-0.25, -0.2) is 17.8 Å². The minimum Gasteiger partial charge on any atom is -0.495 e. The van der Waals surface area contributed by atoms with Crippen molar-refractivity contribution in [1.82, 2.24) is 4.98 Å². The molecule has 0 aliphatic carbocycles. The fourth-order valence-corrected chi connectivity index (χ4v) is 5.28. The first-order valence-corrected chi connectivity index (χ1v) is 11.6. The van der Waals surface area contributed by atoms with Crippen molar-refractivity contribution in [2.45, 2.75) is 18.4 Å². The average Bonchev–Trinajstić information content (AvgIpc) is 3.41. The smallest absolute Gasteiger partial charge is 0.264 e. The zero-order valence-electron chi connectivity index (χ0n) is 16.8. The molecular weight excluding hydrogens is 439 g/mol. The first-order valence-electron chi connectivity index (χ1n) is 9.31. The van der Waals surface area contributed by atoms with Crippen molar-refractivity contribution in [3.05, 3.63) is 83.3 Å². The van der Waals surface area contributed by atoms with Gasteiger partial charge in [0, 0.05) is 5.38 Å². The van der Waals surface area contributed by atoms with Gasteiger partial charge in [-0.05, 0) is 55.5 Å². The van der Waals surface area contributed by atoms with Crippen molar-refractivity contribution in [2.75, 3.05) is 11.4 Å². The lowest BCUT2D eigenvalue weighted by Gasteiger charge is -2.25. The summed E-state index contributed by atoms with van der Waals surface area (Å²) in [7, 11) is -2.55. The molecule has 160 valence electrons. The van der Waals surface area contributed by atoms with Crippen LogP contribution in [0.1, 0.15) is 11.5 Å². The number of furan rings is 1. The minimum absolute atomic E-state index is 0.0306. The molecule has 9 heteroatoms. The molecule has 0 radical (unpaired) electrons. The van der Waals surface area contributed by atoms with Crippen LogP contribution >= 0.6 is 11.3 Å². The second-order valence-electron chi connectivity index (χ2n) is 6.69. The maximum Gasteiger partial charge on any atom is 0.264 e. The first-order chi connectivity index (χ1) is 14.9. The van der Waals surface area contributed by atoms with Crippen molar-refractivity contribution in [3.8, 4) is 16.5 Å². The van der Waals surface area contributed by atoms with Gasteiger partial charge in [0.2, 0.25) is 0 Å². The maximum atomic E-state index is 13.5. The van der Waals surface area contributed by atoms with Gasteiger partial charge in [-0.2, -0.15) is 0 Å². The summed E-state index contributed by atoms with van der Waals surface area (Å²) in [5.74, 6) is 1.27. The Morgan fingerprint density at radius 1 is 1.10 bits per heavy atom. The molecule has 6 nitrogen and oxygen atoms in total. The lowest BCUT2D eigenvalue weighted by molar-refractivity contribution is 0.415. The number of halogens is 1. The highest BCUT2D eigenvalue weighted by atomic mass is 32.2. The summed E-state index contributed by atoms with van der Waals surface area (Å²) in [4.78, 5) is 4.52. The highest BCUT2D eigenvalue weighted by Gasteiger charge is 2.28. The second kappa shape index (κ2) is 8.52. The Balaban J connectivity index is 1.76. The molecular formula is C22H19FN2O4S2. The summed E-state index contributed by atoms with van der Waals surface area (Å²) in [6.45, 7) is 1.81. The van der Waals surface area contributed by atoms with E-state index in [1.807, 2.05) is 19.1 Å². The van der Waals surface area contributed by atoms with Crippen LogP contribution in [0.5, 0.6) is 5.75 Å². The Hall–Kier alpha value is -3.17. The second-order valence-corrected chi connectivity index (χ2v) is 9.41. The van der Waals surface area contributed by atoms with Crippen molar-refractivity contribution >= 4 is 27.0 Å². The fraction of sp³-hybridized carbons (Fsp3) is 0.136. The number of nitrogens with zero attached hydrogens (tertiary/aromatic N) is 2. The molecule has 2 heterocycles. The number of aryl methyl sites for hydroxylation is 1.